The second-order valence-corrected chi connectivity index (χ2v) is 4.68. The number of likely N-dealkylation sites (N-methyl/N-ethyl adjacent to an activating group) is 1. The summed E-state index contributed by atoms with van der Waals surface area (Å²) >= 11 is 0. The molecule has 1 fully saturated rings. The van der Waals surface area contributed by atoms with E-state index >= 15 is 0 Å². The Hall–Kier alpha value is -1.31. The number of rotatable bonds is 2. The quantitative estimate of drug-likeness (QED) is 0.739. The van der Waals surface area contributed by atoms with E-state index in [1.165, 1.54) is 11.9 Å². The largest absolute Gasteiger partial charge is 0.415 e. The minimum atomic E-state index is -4.81. The standard InChI is InChI=1S/C10H16F3N3O2/c1-9(14,10(11,12)13)8(18)15-6-3-4-7(17)16(2)5-6/h6H,3-5,14H2,1-2H3,(H,15,18). The van der Waals surface area contributed by atoms with Crippen LogP contribution in [0.15, 0.2) is 0 Å². The summed E-state index contributed by atoms with van der Waals surface area (Å²) in [6, 6.07) is -0.495. The molecule has 0 aliphatic carbocycles. The summed E-state index contributed by atoms with van der Waals surface area (Å²) in [6.07, 6.45) is -4.29. The number of hydrogen-bond acceptors (Lipinski definition) is 3. The molecule has 104 valence electrons. The molecule has 0 bridgehead atoms. The van der Waals surface area contributed by atoms with Crippen LogP contribution in [-0.2, 0) is 9.59 Å². The Kier molecular flexibility index (Phi) is 3.89. The average Bonchev–Trinajstić information content (AvgIpc) is 2.21. The van der Waals surface area contributed by atoms with Crippen LogP contribution in [0.25, 0.3) is 0 Å². The van der Waals surface area contributed by atoms with Crippen LogP contribution in [0, 0.1) is 0 Å². The highest BCUT2D eigenvalue weighted by Gasteiger charge is 2.54. The number of hydrogen-bond donors (Lipinski definition) is 2. The van der Waals surface area contributed by atoms with Gasteiger partial charge in [-0.3, -0.25) is 9.59 Å². The first-order chi connectivity index (χ1) is 8.05. The Bertz CT molecular complexity index is 355. The minimum absolute atomic E-state index is 0.0909. The summed E-state index contributed by atoms with van der Waals surface area (Å²) in [5.41, 5.74) is 2.08. The molecule has 1 aliphatic rings. The van der Waals surface area contributed by atoms with Gasteiger partial charge in [-0.1, -0.05) is 0 Å². The zero-order valence-electron chi connectivity index (χ0n) is 10.2. The van der Waals surface area contributed by atoms with Crippen LogP contribution >= 0.6 is 0 Å². The molecule has 1 aliphatic heterocycles. The smallest absolute Gasteiger partial charge is 0.350 e. The Morgan fingerprint density at radius 1 is 1.50 bits per heavy atom. The molecule has 0 aromatic heterocycles. The van der Waals surface area contributed by atoms with E-state index in [4.69, 9.17) is 5.73 Å². The van der Waals surface area contributed by atoms with E-state index in [1.54, 1.807) is 0 Å². The van der Waals surface area contributed by atoms with Gasteiger partial charge in [0.2, 0.25) is 11.8 Å². The molecule has 0 saturated carbocycles. The first kappa shape index (κ1) is 14.7. The lowest BCUT2D eigenvalue weighted by Gasteiger charge is -2.33. The fourth-order valence-electron chi connectivity index (χ4n) is 1.59. The zero-order valence-corrected chi connectivity index (χ0v) is 10.2. The number of nitrogens with two attached hydrogens (primary N) is 1. The number of amides is 2. The van der Waals surface area contributed by atoms with Crippen LogP contribution in [-0.4, -0.2) is 48.1 Å². The van der Waals surface area contributed by atoms with Crippen LogP contribution in [0.2, 0.25) is 0 Å². The minimum Gasteiger partial charge on any atom is -0.350 e. The summed E-state index contributed by atoms with van der Waals surface area (Å²) in [6.45, 7) is 0.818. The van der Waals surface area contributed by atoms with E-state index in [0.29, 0.717) is 13.3 Å². The highest BCUT2D eigenvalue weighted by molar-refractivity contribution is 5.87. The molecule has 0 spiro atoms. The summed E-state index contributed by atoms with van der Waals surface area (Å²) in [7, 11) is 1.53. The van der Waals surface area contributed by atoms with Crippen LogP contribution < -0.4 is 11.1 Å². The van der Waals surface area contributed by atoms with E-state index in [9.17, 15) is 22.8 Å². The number of carbonyl (C=O) groups is 2. The molecule has 1 heterocycles. The molecule has 1 saturated heterocycles. The molecule has 0 aromatic rings. The van der Waals surface area contributed by atoms with Gasteiger partial charge in [-0.25, -0.2) is 0 Å². The van der Waals surface area contributed by atoms with E-state index in [-0.39, 0.29) is 18.9 Å². The van der Waals surface area contributed by atoms with E-state index in [1.807, 2.05) is 0 Å². The van der Waals surface area contributed by atoms with Crippen molar-refractivity contribution in [3.8, 4) is 0 Å². The van der Waals surface area contributed by atoms with Crippen molar-refractivity contribution in [1.29, 1.82) is 0 Å². The van der Waals surface area contributed by atoms with Crippen molar-refractivity contribution in [2.75, 3.05) is 13.6 Å². The first-order valence-electron chi connectivity index (χ1n) is 5.46. The lowest BCUT2D eigenvalue weighted by Crippen LogP contribution is -2.64. The molecule has 0 aromatic carbocycles. The van der Waals surface area contributed by atoms with Crippen molar-refractivity contribution in [3.63, 3.8) is 0 Å². The highest BCUT2D eigenvalue weighted by Crippen LogP contribution is 2.28. The lowest BCUT2D eigenvalue weighted by atomic mass is 9.99. The number of alkyl halides is 3. The van der Waals surface area contributed by atoms with Crippen LogP contribution in [0.1, 0.15) is 19.8 Å². The Labute approximate surface area is 102 Å². The van der Waals surface area contributed by atoms with E-state index < -0.39 is 23.7 Å². The molecule has 5 nitrogen and oxygen atoms in total. The third-order valence-electron chi connectivity index (χ3n) is 3.02. The van der Waals surface area contributed by atoms with Gasteiger partial charge < -0.3 is 16.0 Å². The van der Waals surface area contributed by atoms with Crippen LogP contribution in [0.4, 0.5) is 13.2 Å². The second-order valence-electron chi connectivity index (χ2n) is 4.68. The predicted molar refractivity (Wildman–Crippen MR) is 57.4 cm³/mol. The summed E-state index contributed by atoms with van der Waals surface area (Å²) < 4.78 is 37.6. The lowest BCUT2D eigenvalue weighted by molar-refractivity contribution is -0.188. The third kappa shape index (κ3) is 2.92. The molecule has 8 heteroatoms. The summed E-state index contributed by atoms with van der Waals surface area (Å²) in [5, 5.41) is 2.24. The summed E-state index contributed by atoms with van der Waals surface area (Å²) in [4.78, 5) is 24.1. The Balaban J connectivity index is 2.63. The maximum absolute atomic E-state index is 12.5. The molecule has 18 heavy (non-hydrogen) atoms. The Morgan fingerprint density at radius 2 is 2.06 bits per heavy atom. The zero-order chi connectivity index (χ0) is 14.1. The van der Waals surface area contributed by atoms with E-state index in [2.05, 4.69) is 5.32 Å². The normalized spacial score (nSPS) is 24.7. The monoisotopic (exact) mass is 267 g/mol. The maximum atomic E-state index is 12.5. The van der Waals surface area contributed by atoms with Gasteiger partial charge >= 0.3 is 6.18 Å². The molecule has 2 atom stereocenters. The fraction of sp³-hybridized carbons (Fsp3) is 0.800. The van der Waals surface area contributed by atoms with Gasteiger partial charge in [0, 0.05) is 26.1 Å². The van der Waals surface area contributed by atoms with Gasteiger partial charge in [-0.2, -0.15) is 13.2 Å². The number of likely N-dealkylation sites (tertiary alicyclic amines) is 1. The topological polar surface area (TPSA) is 75.4 Å². The molecule has 1 rings (SSSR count). The number of halogens is 3. The molecular formula is C10H16F3N3O2. The average molecular weight is 267 g/mol. The highest BCUT2D eigenvalue weighted by atomic mass is 19.4. The number of piperidine rings is 1. The molecule has 0 radical (unpaired) electrons. The molecule has 2 amide bonds. The molecule has 2 unspecified atom stereocenters. The van der Waals surface area contributed by atoms with Crippen LogP contribution in [0.3, 0.4) is 0 Å². The molecular weight excluding hydrogens is 251 g/mol. The third-order valence-corrected chi connectivity index (χ3v) is 3.02. The maximum Gasteiger partial charge on any atom is 0.415 e. The van der Waals surface area contributed by atoms with Crippen molar-refractivity contribution in [3.05, 3.63) is 0 Å². The summed E-state index contributed by atoms with van der Waals surface area (Å²) in [5.74, 6) is -1.37. The van der Waals surface area contributed by atoms with Gasteiger partial charge in [-0.15, -0.1) is 0 Å². The molecule has 3 N–H and O–H groups in total. The van der Waals surface area contributed by atoms with Crippen LogP contribution in [0.5, 0.6) is 0 Å². The van der Waals surface area contributed by atoms with Gasteiger partial charge in [0.1, 0.15) is 0 Å². The van der Waals surface area contributed by atoms with Gasteiger partial charge in [0.15, 0.2) is 5.54 Å². The van der Waals surface area contributed by atoms with E-state index in [0.717, 1.165) is 0 Å². The van der Waals surface area contributed by atoms with Gasteiger partial charge in [0.05, 0.1) is 0 Å². The van der Waals surface area contributed by atoms with Crippen molar-refractivity contribution in [2.45, 2.75) is 37.5 Å². The second kappa shape index (κ2) is 4.75. The van der Waals surface area contributed by atoms with Gasteiger partial charge in [-0.05, 0) is 13.3 Å². The van der Waals surface area contributed by atoms with Crippen molar-refractivity contribution < 1.29 is 22.8 Å². The first-order valence-corrected chi connectivity index (χ1v) is 5.46. The van der Waals surface area contributed by atoms with Crippen molar-refractivity contribution >= 4 is 11.8 Å². The van der Waals surface area contributed by atoms with Crippen molar-refractivity contribution in [2.24, 2.45) is 5.73 Å². The predicted octanol–water partition coefficient (Wildman–Crippen LogP) is 0.00310. The number of carbonyl (C=O) groups excluding carboxylic acids is 2. The number of nitrogens with one attached hydrogen (secondary N) is 1. The SMILES string of the molecule is CN1CC(NC(=O)C(C)(N)C(F)(F)F)CCC1=O. The van der Waals surface area contributed by atoms with Crippen molar-refractivity contribution in [1.82, 2.24) is 10.2 Å². The number of nitrogens with zero attached hydrogens (tertiary/aromatic N) is 1. The Morgan fingerprint density at radius 3 is 2.50 bits per heavy atom. The fourth-order valence-corrected chi connectivity index (χ4v) is 1.59. The van der Waals surface area contributed by atoms with Gasteiger partial charge in [0.25, 0.3) is 0 Å².